The third kappa shape index (κ3) is 3.93. The Kier molecular flexibility index (Phi) is 4.75. The lowest BCUT2D eigenvalue weighted by molar-refractivity contribution is 0.0958. The van der Waals surface area contributed by atoms with Gasteiger partial charge in [-0.05, 0) is 36.4 Å². The number of carbonyl (C=O) groups is 1. The second kappa shape index (κ2) is 7.67. The summed E-state index contributed by atoms with van der Waals surface area (Å²) in [4.78, 5) is 16.4. The number of amides is 1. The van der Waals surface area contributed by atoms with Crippen LogP contribution < -0.4 is 19.5 Å². The fourth-order valence-electron chi connectivity index (χ4n) is 2.63. The summed E-state index contributed by atoms with van der Waals surface area (Å²) >= 11 is 0. The minimum atomic E-state index is -0.218. The molecule has 27 heavy (non-hydrogen) atoms. The number of fused-ring (bicyclic) bond motifs is 2. The summed E-state index contributed by atoms with van der Waals surface area (Å²) in [5, 5.41) is 3.80. The first-order chi connectivity index (χ1) is 13.3. The van der Waals surface area contributed by atoms with Crippen molar-refractivity contribution >= 4 is 16.8 Å². The number of hydrogen-bond acceptors (Lipinski definition) is 5. The Morgan fingerprint density at radius 2 is 2.04 bits per heavy atom. The minimum Gasteiger partial charge on any atom is -0.481 e. The van der Waals surface area contributed by atoms with E-state index in [0.717, 1.165) is 10.9 Å². The second-order valence-corrected chi connectivity index (χ2v) is 5.75. The highest BCUT2D eigenvalue weighted by molar-refractivity contribution is 5.95. The smallest absolute Gasteiger partial charge is 0.252 e. The van der Waals surface area contributed by atoms with Crippen molar-refractivity contribution in [2.24, 2.45) is 0 Å². The molecule has 2 aromatic carbocycles. The van der Waals surface area contributed by atoms with Gasteiger partial charge in [0, 0.05) is 23.2 Å². The van der Waals surface area contributed by atoms with Gasteiger partial charge in [-0.1, -0.05) is 17.9 Å². The van der Waals surface area contributed by atoms with E-state index in [0.29, 0.717) is 22.8 Å². The number of carbonyl (C=O) groups excluding carboxylic acids is 1. The first kappa shape index (κ1) is 16.7. The molecule has 4 rings (SSSR count). The number of benzene rings is 2. The number of nitrogens with one attached hydrogen (secondary N) is 1. The van der Waals surface area contributed by atoms with Crippen LogP contribution in [0, 0.1) is 11.8 Å². The van der Waals surface area contributed by atoms with Gasteiger partial charge in [-0.15, -0.1) is 0 Å². The maximum atomic E-state index is 12.1. The zero-order chi connectivity index (χ0) is 18.5. The molecule has 0 radical (unpaired) electrons. The van der Waals surface area contributed by atoms with Gasteiger partial charge in [0.15, 0.2) is 11.5 Å². The Balaban J connectivity index is 1.26. The van der Waals surface area contributed by atoms with Crippen molar-refractivity contribution < 1.29 is 19.0 Å². The molecule has 2 heterocycles. The van der Waals surface area contributed by atoms with E-state index in [1.54, 1.807) is 24.4 Å². The van der Waals surface area contributed by atoms with Gasteiger partial charge in [-0.3, -0.25) is 9.78 Å². The molecule has 3 aromatic rings. The van der Waals surface area contributed by atoms with E-state index in [1.807, 2.05) is 30.3 Å². The standard InChI is InChI=1S/C21H16N2O4/c24-21(16-6-8-19-20(12-16)27-14-26-19)23-9-1-2-11-25-17-7-5-15-4-3-10-22-18(15)13-17/h3-8,10,12-13H,9,11,14H2,(H,23,24). The van der Waals surface area contributed by atoms with E-state index in [9.17, 15) is 4.79 Å². The minimum absolute atomic E-state index is 0.180. The van der Waals surface area contributed by atoms with E-state index >= 15 is 0 Å². The monoisotopic (exact) mass is 360 g/mol. The van der Waals surface area contributed by atoms with E-state index in [-0.39, 0.29) is 25.9 Å². The number of nitrogens with zero attached hydrogens (tertiary/aromatic N) is 1. The molecule has 1 aliphatic rings. The Morgan fingerprint density at radius 3 is 3.00 bits per heavy atom. The normalized spacial score (nSPS) is 11.6. The fourth-order valence-corrected chi connectivity index (χ4v) is 2.63. The van der Waals surface area contributed by atoms with Crippen LogP contribution in [-0.2, 0) is 0 Å². The van der Waals surface area contributed by atoms with Gasteiger partial charge < -0.3 is 19.5 Å². The summed E-state index contributed by atoms with van der Waals surface area (Å²) in [6, 6.07) is 14.7. The van der Waals surface area contributed by atoms with Crippen molar-refractivity contribution in [1.29, 1.82) is 0 Å². The summed E-state index contributed by atoms with van der Waals surface area (Å²) < 4.78 is 16.1. The molecule has 1 amide bonds. The Hall–Kier alpha value is -3.72. The average molecular weight is 360 g/mol. The van der Waals surface area contributed by atoms with Crippen LogP contribution in [0.5, 0.6) is 17.2 Å². The lowest BCUT2D eigenvalue weighted by atomic mass is 10.2. The molecule has 0 saturated carbocycles. The summed E-state index contributed by atoms with van der Waals surface area (Å²) in [5.41, 5.74) is 1.37. The van der Waals surface area contributed by atoms with Crippen molar-refractivity contribution in [2.75, 3.05) is 19.9 Å². The summed E-state index contributed by atoms with van der Waals surface area (Å²) in [7, 11) is 0. The number of aromatic nitrogens is 1. The Morgan fingerprint density at radius 1 is 1.11 bits per heavy atom. The van der Waals surface area contributed by atoms with Crippen molar-refractivity contribution in [1.82, 2.24) is 10.3 Å². The maximum absolute atomic E-state index is 12.1. The summed E-state index contributed by atoms with van der Waals surface area (Å²) in [6.45, 7) is 0.646. The van der Waals surface area contributed by atoms with Crippen LogP contribution in [0.4, 0.5) is 0 Å². The molecule has 6 heteroatoms. The first-order valence-electron chi connectivity index (χ1n) is 8.41. The average Bonchev–Trinajstić information content (AvgIpc) is 3.18. The quantitative estimate of drug-likeness (QED) is 0.725. The van der Waals surface area contributed by atoms with Crippen molar-refractivity contribution in [3.05, 3.63) is 60.3 Å². The van der Waals surface area contributed by atoms with Crippen LogP contribution in [0.15, 0.2) is 54.7 Å². The first-order valence-corrected chi connectivity index (χ1v) is 8.41. The molecule has 0 bridgehead atoms. The molecule has 0 unspecified atom stereocenters. The van der Waals surface area contributed by atoms with E-state index in [2.05, 4.69) is 22.1 Å². The highest BCUT2D eigenvalue weighted by Gasteiger charge is 2.15. The van der Waals surface area contributed by atoms with Gasteiger partial charge >= 0.3 is 0 Å². The van der Waals surface area contributed by atoms with Gasteiger partial charge in [0.25, 0.3) is 5.91 Å². The molecular formula is C21H16N2O4. The lowest BCUT2D eigenvalue weighted by Gasteiger charge is -2.04. The predicted octanol–water partition coefficient (Wildman–Crippen LogP) is 2.78. The van der Waals surface area contributed by atoms with Gasteiger partial charge in [-0.25, -0.2) is 0 Å². The molecule has 134 valence electrons. The molecule has 1 aliphatic heterocycles. The van der Waals surface area contributed by atoms with Crippen molar-refractivity contribution in [3.8, 4) is 29.1 Å². The fraction of sp³-hybridized carbons (Fsp3) is 0.143. The van der Waals surface area contributed by atoms with Gasteiger partial charge in [0.1, 0.15) is 12.4 Å². The zero-order valence-corrected chi connectivity index (χ0v) is 14.4. The number of ether oxygens (including phenoxy) is 3. The van der Waals surface area contributed by atoms with E-state index < -0.39 is 0 Å². The zero-order valence-electron chi connectivity index (χ0n) is 14.4. The SMILES string of the molecule is O=C(NCC#CCOc1ccc2cccnc2c1)c1ccc2c(c1)OCO2. The van der Waals surface area contributed by atoms with Crippen molar-refractivity contribution in [3.63, 3.8) is 0 Å². The van der Waals surface area contributed by atoms with Crippen LogP contribution in [-0.4, -0.2) is 30.8 Å². The topological polar surface area (TPSA) is 69.7 Å². The third-order valence-corrected chi connectivity index (χ3v) is 3.99. The molecule has 1 N–H and O–H groups in total. The number of rotatable bonds is 4. The van der Waals surface area contributed by atoms with Crippen LogP contribution in [0.2, 0.25) is 0 Å². The van der Waals surface area contributed by atoms with Gasteiger partial charge in [-0.2, -0.15) is 0 Å². The number of pyridine rings is 1. The van der Waals surface area contributed by atoms with Crippen molar-refractivity contribution in [2.45, 2.75) is 0 Å². The van der Waals surface area contributed by atoms with Crippen LogP contribution in [0.1, 0.15) is 10.4 Å². The van der Waals surface area contributed by atoms with Crippen LogP contribution in [0.3, 0.4) is 0 Å². The molecule has 0 aliphatic carbocycles. The van der Waals surface area contributed by atoms with E-state index in [4.69, 9.17) is 14.2 Å². The number of hydrogen-bond donors (Lipinski definition) is 1. The highest BCUT2D eigenvalue weighted by atomic mass is 16.7. The maximum Gasteiger partial charge on any atom is 0.252 e. The highest BCUT2D eigenvalue weighted by Crippen LogP contribution is 2.32. The molecular weight excluding hydrogens is 344 g/mol. The van der Waals surface area contributed by atoms with Crippen LogP contribution >= 0.6 is 0 Å². The van der Waals surface area contributed by atoms with Crippen LogP contribution in [0.25, 0.3) is 10.9 Å². The molecule has 0 saturated heterocycles. The Labute approximate surface area is 156 Å². The second-order valence-electron chi connectivity index (χ2n) is 5.75. The molecule has 0 spiro atoms. The van der Waals surface area contributed by atoms with Gasteiger partial charge in [0.2, 0.25) is 6.79 Å². The largest absolute Gasteiger partial charge is 0.481 e. The summed E-state index contributed by atoms with van der Waals surface area (Å²) in [6.07, 6.45) is 1.74. The lowest BCUT2D eigenvalue weighted by Crippen LogP contribution is -2.23. The third-order valence-electron chi connectivity index (χ3n) is 3.99. The molecule has 1 aromatic heterocycles. The van der Waals surface area contributed by atoms with E-state index in [1.165, 1.54) is 0 Å². The van der Waals surface area contributed by atoms with Gasteiger partial charge in [0.05, 0.1) is 12.1 Å². The predicted molar refractivity (Wildman–Crippen MR) is 99.9 cm³/mol. The molecule has 6 nitrogen and oxygen atoms in total. The molecule has 0 atom stereocenters. The molecule has 0 fully saturated rings. The Bertz CT molecular complexity index is 1050. The summed E-state index contributed by atoms with van der Waals surface area (Å²) in [5.74, 6) is 7.46.